The van der Waals surface area contributed by atoms with Crippen molar-refractivity contribution in [2.45, 2.75) is 0 Å². The molecule has 0 aliphatic rings. The molecule has 3 aromatic carbocycles. The van der Waals surface area contributed by atoms with Crippen LogP contribution in [0.1, 0.15) is 0 Å². The molecule has 0 radical (unpaired) electrons. The van der Waals surface area contributed by atoms with Gasteiger partial charge in [0.1, 0.15) is 0 Å². The second-order valence-electron chi connectivity index (χ2n) is 5.18. The van der Waals surface area contributed by atoms with E-state index in [1.807, 2.05) is 48.5 Å². The highest BCUT2D eigenvalue weighted by atomic mass is 35.5. The van der Waals surface area contributed by atoms with Gasteiger partial charge < -0.3 is 0 Å². The highest BCUT2D eigenvalue weighted by Crippen LogP contribution is 2.36. The van der Waals surface area contributed by atoms with Crippen molar-refractivity contribution in [1.29, 1.82) is 0 Å². The molecule has 106 valence electrons. The average molecular weight is 324 g/mol. The highest BCUT2D eigenvalue weighted by molar-refractivity contribution is 6.35. The zero-order chi connectivity index (χ0) is 15.1. The summed E-state index contributed by atoms with van der Waals surface area (Å²) in [5, 5.41) is 3.46. The molecular weight excluding hydrogens is 313 g/mol. The zero-order valence-electron chi connectivity index (χ0n) is 11.6. The molecule has 22 heavy (non-hydrogen) atoms. The Kier molecular flexibility index (Phi) is 3.25. The van der Waals surface area contributed by atoms with Crippen LogP contribution in [0.15, 0.2) is 66.7 Å². The van der Waals surface area contributed by atoms with E-state index in [0.29, 0.717) is 10.0 Å². The van der Waals surface area contributed by atoms with Crippen molar-refractivity contribution in [1.82, 2.24) is 4.98 Å². The first-order chi connectivity index (χ1) is 10.7. The molecule has 0 spiro atoms. The minimum Gasteiger partial charge on any atom is -0.248 e. The Hall–Kier alpha value is -2.09. The van der Waals surface area contributed by atoms with Crippen LogP contribution in [0.3, 0.4) is 0 Å². The zero-order valence-corrected chi connectivity index (χ0v) is 13.1. The first kappa shape index (κ1) is 13.6. The number of pyridine rings is 1. The monoisotopic (exact) mass is 323 g/mol. The van der Waals surface area contributed by atoms with Gasteiger partial charge in [0.25, 0.3) is 0 Å². The van der Waals surface area contributed by atoms with E-state index in [4.69, 9.17) is 28.2 Å². The van der Waals surface area contributed by atoms with E-state index < -0.39 is 0 Å². The molecule has 0 unspecified atom stereocenters. The van der Waals surface area contributed by atoms with Crippen LogP contribution >= 0.6 is 23.2 Å². The van der Waals surface area contributed by atoms with Gasteiger partial charge in [-0.25, -0.2) is 4.98 Å². The summed E-state index contributed by atoms with van der Waals surface area (Å²) in [7, 11) is 0. The number of benzene rings is 3. The van der Waals surface area contributed by atoms with E-state index in [1.165, 1.54) is 0 Å². The van der Waals surface area contributed by atoms with Crippen LogP contribution in [0.4, 0.5) is 0 Å². The molecule has 3 heteroatoms. The number of fused-ring (bicyclic) bond motifs is 2. The number of hydrogen-bond acceptors (Lipinski definition) is 1. The lowest BCUT2D eigenvalue weighted by Crippen LogP contribution is -1.89. The third-order valence-corrected chi connectivity index (χ3v) is 4.18. The van der Waals surface area contributed by atoms with Crippen LogP contribution in [0.5, 0.6) is 0 Å². The molecule has 0 saturated heterocycles. The Bertz CT molecular complexity index is 934. The van der Waals surface area contributed by atoms with E-state index >= 15 is 0 Å². The summed E-state index contributed by atoms with van der Waals surface area (Å²) >= 11 is 12.4. The van der Waals surface area contributed by atoms with Gasteiger partial charge in [-0.2, -0.15) is 0 Å². The van der Waals surface area contributed by atoms with Crippen LogP contribution < -0.4 is 0 Å². The van der Waals surface area contributed by atoms with Gasteiger partial charge in [-0.3, -0.25) is 0 Å². The van der Waals surface area contributed by atoms with Gasteiger partial charge in [-0.15, -0.1) is 0 Å². The number of hydrogen-bond donors (Lipinski definition) is 0. The number of nitrogens with zero attached hydrogens (tertiary/aromatic N) is 1. The molecule has 0 N–H and O–H groups in total. The van der Waals surface area contributed by atoms with Gasteiger partial charge in [-0.1, -0.05) is 59.6 Å². The SMILES string of the molecule is Clc1cc(Cl)cc(-c2c3ccccc3nc3ccccc23)c1. The van der Waals surface area contributed by atoms with Crippen LogP contribution in [0.2, 0.25) is 10.0 Å². The van der Waals surface area contributed by atoms with E-state index in [9.17, 15) is 0 Å². The Morgan fingerprint density at radius 1 is 0.636 bits per heavy atom. The van der Waals surface area contributed by atoms with Crippen molar-refractivity contribution in [2.24, 2.45) is 0 Å². The molecule has 1 aromatic heterocycles. The summed E-state index contributed by atoms with van der Waals surface area (Å²) in [5.41, 5.74) is 4.05. The van der Waals surface area contributed by atoms with Gasteiger partial charge in [0.15, 0.2) is 0 Å². The maximum atomic E-state index is 6.20. The van der Waals surface area contributed by atoms with Gasteiger partial charge in [0.05, 0.1) is 11.0 Å². The van der Waals surface area contributed by atoms with Crippen molar-refractivity contribution in [3.05, 3.63) is 76.8 Å². The summed E-state index contributed by atoms with van der Waals surface area (Å²) in [6.45, 7) is 0. The topological polar surface area (TPSA) is 12.9 Å². The second kappa shape index (κ2) is 5.28. The Morgan fingerprint density at radius 3 is 1.68 bits per heavy atom. The first-order valence-corrected chi connectivity index (χ1v) is 7.72. The van der Waals surface area contributed by atoms with Crippen molar-refractivity contribution in [3.63, 3.8) is 0 Å². The molecule has 1 heterocycles. The second-order valence-corrected chi connectivity index (χ2v) is 6.05. The van der Waals surface area contributed by atoms with E-state index in [0.717, 1.165) is 32.9 Å². The summed E-state index contributed by atoms with van der Waals surface area (Å²) < 4.78 is 0. The predicted octanol–water partition coefficient (Wildman–Crippen LogP) is 6.36. The highest BCUT2D eigenvalue weighted by Gasteiger charge is 2.11. The molecule has 0 bridgehead atoms. The standard InChI is InChI=1S/C19H11Cl2N/c20-13-9-12(10-14(21)11-13)19-15-5-1-3-7-17(15)22-18-8-4-2-6-16(18)19/h1-11H. The van der Waals surface area contributed by atoms with Crippen molar-refractivity contribution in [2.75, 3.05) is 0 Å². The molecule has 4 rings (SSSR count). The quantitative estimate of drug-likeness (QED) is 0.371. The largest absolute Gasteiger partial charge is 0.248 e. The molecular formula is C19H11Cl2N. The number of aromatic nitrogens is 1. The van der Waals surface area contributed by atoms with Gasteiger partial charge >= 0.3 is 0 Å². The van der Waals surface area contributed by atoms with E-state index in [2.05, 4.69) is 12.1 Å². The summed E-state index contributed by atoms with van der Waals surface area (Å²) in [4.78, 5) is 4.74. The molecule has 0 fully saturated rings. The fraction of sp³-hybridized carbons (Fsp3) is 0. The minimum absolute atomic E-state index is 0.632. The normalized spacial score (nSPS) is 11.2. The third kappa shape index (κ3) is 2.23. The van der Waals surface area contributed by atoms with Crippen LogP contribution in [0.25, 0.3) is 32.9 Å². The van der Waals surface area contributed by atoms with Crippen molar-refractivity contribution < 1.29 is 0 Å². The van der Waals surface area contributed by atoms with Gasteiger partial charge in [0.2, 0.25) is 0 Å². The maximum Gasteiger partial charge on any atom is 0.0715 e. The Labute approximate surface area is 138 Å². The van der Waals surface area contributed by atoms with Crippen LogP contribution in [0, 0.1) is 0 Å². The molecule has 0 atom stereocenters. The van der Waals surface area contributed by atoms with Crippen LogP contribution in [-0.4, -0.2) is 4.98 Å². The molecule has 0 amide bonds. The molecule has 0 aliphatic heterocycles. The Balaban J connectivity index is 2.21. The smallest absolute Gasteiger partial charge is 0.0715 e. The van der Waals surface area contributed by atoms with Gasteiger partial charge in [-0.05, 0) is 35.9 Å². The summed E-state index contributed by atoms with van der Waals surface area (Å²) in [6, 6.07) is 21.9. The fourth-order valence-electron chi connectivity index (χ4n) is 2.85. The van der Waals surface area contributed by atoms with Crippen molar-refractivity contribution >= 4 is 45.0 Å². The third-order valence-electron chi connectivity index (χ3n) is 3.74. The number of para-hydroxylation sites is 2. The lowest BCUT2D eigenvalue weighted by molar-refractivity contribution is 1.49. The molecule has 0 aliphatic carbocycles. The average Bonchev–Trinajstić information content (AvgIpc) is 2.51. The maximum absolute atomic E-state index is 6.20. The fourth-order valence-corrected chi connectivity index (χ4v) is 3.38. The van der Waals surface area contributed by atoms with Crippen molar-refractivity contribution in [3.8, 4) is 11.1 Å². The number of halogens is 2. The predicted molar refractivity (Wildman–Crippen MR) is 94.7 cm³/mol. The van der Waals surface area contributed by atoms with Gasteiger partial charge in [0, 0.05) is 26.4 Å². The van der Waals surface area contributed by atoms with E-state index in [1.54, 1.807) is 6.07 Å². The van der Waals surface area contributed by atoms with Crippen LogP contribution in [-0.2, 0) is 0 Å². The minimum atomic E-state index is 0.632. The molecule has 1 nitrogen and oxygen atoms in total. The first-order valence-electron chi connectivity index (χ1n) is 6.96. The summed E-state index contributed by atoms with van der Waals surface area (Å²) in [5.74, 6) is 0. The lowest BCUT2D eigenvalue weighted by atomic mass is 9.96. The lowest BCUT2D eigenvalue weighted by Gasteiger charge is -2.12. The molecule has 0 saturated carbocycles. The number of rotatable bonds is 1. The molecule has 4 aromatic rings. The summed E-state index contributed by atoms with van der Waals surface area (Å²) in [6.07, 6.45) is 0. The Morgan fingerprint density at radius 2 is 1.14 bits per heavy atom. The van der Waals surface area contributed by atoms with E-state index in [-0.39, 0.29) is 0 Å².